The van der Waals surface area contributed by atoms with E-state index in [-0.39, 0.29) is 34.3 Å². The van der Waals surface area contributed by atoms with E-state index < -0.39 is 0 Å². The van der Waals surface area contributed by atoms with Gasteiger partial charge >= 0.3 is 0 Å². The minimum absolute atomic E-state index is 0.0585. The number of carbonyl (C=O) groups excluding carboxylic acids is 1. The lowest BCUT2D eigenvalue weighted by molar-refractivity contribution is 0.101. The molecule has 0 saturated carbocycles. The van der Waals surface area contributed by atoms with Crippen molar-refractivity contribution in [1.29, 1.82) is 5.26 Å². The third kappa shape index (κ3) is 2.03. The summed E-state index contributed by atoms with van der Waals surface area (Å²) in [6.45, 7) is 0. The second-order valence-corrected chi connectivity index (χ2v) is 2.98. The van der Waals surface area contributed by atoms with Gasteiger partial charge in [-0.15, -0.1) is 11.6 Å². The van der Waals surface area contributed by atoms with E-state index in [0.717, 1.165) is 0 Å². The predicted octanol–water partition coefficient (Wildman–Crippen LogP) is 1.69. The van der Waals surface area contributed by atoms with E-state index >= 15 is 0 Å². The number of Topliss-reactive ketones (excluding diaryl/α,β-unsaturated/α-hetero) is 1. The maximum Gasteiger partial charge on any atom is 0.181 e. The smallest absolute Gasteiger partial charge is 0.181 e. The van der Waals surface area contributed by atoms with Gasteiger partial charge in [0.1, 0.15) is 17.4 Å². The van der Waals surface area contributed by atoms with E-state index in [1.165, 1.54) is 19.2 Å². The Bertz CT molecular complexity index is 437. The molecule has 0 fully saturated rings. The lowest BCUT2D eigenvalue weighted by Gasteiger charge is -2.08. The molecular formula is C10H8ClNO3. The van der Waals surface area contributed by atoms with E-state index in [9.17, 15) is 9.90 Å². The van der Waals surface area contributed by atoms with Crippen LogP contribution in [0.4, 0.5) is 0 Å². The van der Waals surface area contributed by atoms with Crippen molar-refractivity contribution in [2.75, 3.05) is 13.0 Å². The molecule has 5 heteroatoms. The van der Waals surface area contributed by atoms with Gasteiger partial charge in [-0.1, -0.05) is 0 Å². The van der Waals surface area contributed by atoms with Gasteiger partial charge in [0.15, 0.2) is 11.5 Å². The van der Waals surface area contributed by atoms with E-state index in [0.29, 0.717) is 0 Å². The van der Waals surface area contributed by atoms with Crippen molar-refractivity contribution in [2.45, 2.75) is 0 Å². The van der Waals surface area contributed by atoms with Gasteiger partial charge in [0.05, 0.1) is 18.6 Å². The molecule has 0 unspecified atom stereocenters. The Morgan fingerprint density at radius 2 is 2.33 bits per heavy atom. The highest BCUT2D eigenvalue weighted by atomic mass is 35.5. The van der Waals surface area contributed by atoms with Crippen LogP contribution in [0.3, 0.4) is 0 Å². The summed E-state index contributed by atoms with van der Waals surface area (Å²) in [5.41, 5.74) is 0.135. The number of rotatable bonds is 3. The molecule has 0 saturated heterocycles. The van der Waals surface area contributed by atoms with Crippen LogP contribution in [-0.4, -0.2) is 23.9 Å². The molecule has 0 spiro atoms. The minimum atomic E-state index is -0.356. The zero-order chi connectivity index (χ0) is 11.4. The molecule has 78 valence electrons. The number of phenolic OH excluding ortho intramolecular Hbond substituents is 1. The topological polar surface area (TPSA) is 70.3 Å². The van der Waals surface area contributed by atoms with Gasteiger partial charge in [-0.2, -0.15) is 5.26 Å². The average Bonchev–Trinajstić information content (AvgIpc) is 2.27. The number of halogens is 1. The number of methoxy groups -OCH3 is 1. The third-order valence-electron chi connectivity index (χ3n) is 1.87. The number of hydrogen-bond donors (Lipinski definition) is 1. The molecule has 0 aliphatic heterocycles. The highest BCUT2D eigenvalue weighted by Crippen LogP contribution is 2.31. The largest absolute Gasteiger partial charge is 0.506 e. The standard InChI is InChI=1S/C10H8ClNO3/c1-15-10-6(9(14)4-11)2-3-8(13)7(10)5-12/h2-3,13H,4H2,1H3. The number of ether oxygens (including phenoxy) is 1. The summed E-state index contributed by atoms with van der Waals surface area (Å²) in [5.74, 6) is -0.722. The fourth-order valence-electron chi connectivity index (χ4n) is 1.18. The first-order valence-corrected chi connectivity index (χ1v) is 4.58. The van der Waals surface area contributed by atoms with Gasteiger partial charge in [-0.25, -0.2) is 0 Å². The minimum Gasteiger partial charge on any atom is -0.506 e. The van der Waals surface area contributed by atoms with Crippen LogP contribution in [-0.2, 0) is 0 Å². The third-order valence-corrected chi connectivity index (χ3v) is 2.12. The van der Waals surface area contributed by atoms with Crippen molar-refractivity contribution in [3.05, 3.63) is 23.3 Å². The van der Waals surface area contributed by atoms with Crippen molar-refractivity contribution in [1.82, 2.24) is 0 Å². The molecule has 0 aliphatic rings. The highest BCUT2D eigenvalue weighted by molar-refractivity contribution is 6.30. The van der Waals surface area contributed by atoms with Crippen LogP contribution < -0.4 is 4.74 Å². The normalized spacial score (nSPS) is 9.40. The zero-order valence-corrected chi connectivity index (χ0v) is 8.71. The van der Waals surface area contributed by atoms with Crippen LogP contribution in [0.1, 0.15) is 15.9 Å². The summed E-state index contributed by atoms with van der Waals surface area (Å²) in [6, 6.07) is 4.40. The second-order valence-electron chi connectivity index (χ2n) is 2.71. The Hall–Kier alpha value is -1.73. The Kier molecular flexibility index (Phi) is 3.53. The molecule has 15 heavy (non-hydrogen) atoms. The van der Waals surface area contributed by atoms with Crippen LogP contribution in [0.5, 0.6) is 11.5 Å². The number of aromatic hydroxyl groups is 1. The molecule has 0 atom stereocenters. The molecule has 0 aliphatic carbocycles. The molecule has 0 bridgehead atoms. The molecule has 1 aromatic carbocycles. The lowest BCUT2D eigenvalue weighted by atomic mass is 10.1. The fraction of sp³-hybridized carbons (Fsp3) is 0.200. The van der Waals surface area contributed by atoms with Gasteiger partial charge in [0.25, 0.3) is 0 Å². The van der Waals surface area contributed by atoms with Crippen LogP contribution in [0.25, 0.3) is 0 Å². The van der Waals surface area contributed by atoms with Gasteiger partial charge < -0.3 is 9.84 Å². The lowest BCUT2D eigenvalue weighted by Crippen LogP contribution is -2.04. The quantitative estimate of drug-likeness (QED) is 0.628. The average molecular weight is 226 g/mol. The fourth-order valence-corrected chi connectivity index (χ4v) is 1.33. The van der Waals surface area contributed by atoms with Crippen LogP contribution in [0, 0.1) is 11.3 Å². The van der Waals surface area contributed by atoms with Crippen LogP contribution in [0.2, 0.25) is 0 Å². The number of alkyl halides is 1. The van der Waals surface area contributed by atoms with Crippen molar-refractivity contribution in [2.24, 2.45) is 0 Å². The van der Waals surface area contributed by atoms with Crippen LogP contribution in [0.15, 0.2) is 12.1 Å². The molecular weight excluding hydrogens is 218 g/mol. The number of nitriles is 1. The summed E-state index contributed by atoms with van der Waals surface area (Å²) in [5, 5.41) is 18.1. The van der Waals surface area contributed by atoms with Gasteiger partial charge in [0, 0.05) is 0 Å². The Balaban J connectivity index is 3.43. The molecule has 0 amide bonds. The number of benzene rings is 1. The van der Waals surface area contributed by atoms with E-state index in [1.54, 1.807) is 6.07 Å². The first-order chi connectivity index (χ1) is 7.15. The number of phenols is 1. The number of carbonyl (C=O) groups is 1. The summed E-state index contributed by atoms with van der Waals surface area (Å²) in [6.07, 6.45) is 0. The number of hydrogen-bond acceptors (Lipinski definition) is 4. The molecule has 4 nitrogen and oxygen atoms in total. The van der Waals surface area contributed by atoms with Gasteiger partial charge in [-0.05, 0) is 12.1 Å². The Morgan fingerprint density at radius 3 is 2.80 bits per heavy atom. The van der Waals surface area contributed by atoms with E-state index in [1.807, 2.05) is 0 Å². The van der Waals surface area contributed by atoms with E-state index in [4.69, 9.17) is 21.6 Å². The molecule has 1 aromatic rings. The van der Waals surface area contributed by atoms with Crippen molar-refractivity contribution in [3.63, 3.8) is 0 Å². The Labute approximate surface area is 91.7 Å². The molecule has 1 N–H and O–H groups in total. The SMILES string of the molecule is COc1c(C(=O)CCl)ccc(O)c1C#N. The van der Waals surface area contributed by atoms with Crippen molar-refractivity contribution >= 4 is 17.4 Å². The van der Waals surface area contributed by atoms with Gasteiger partial charge in [0.2, 0.25) is 0 Å². The molecule has 0 aromatic heterocycles. The van der Waals surface area contributed by atoms with Gasteiger partial charge in [-0.3, -0.25) is 4.79 Å². The monoisotopic (exact) mass is 225 g/mol. The summed E-state index contributed by atoms with van der Waals surface area (Å²) in [4.78, 5) is 11.4. The van der Waals surface area contributed by atoms with Crippen molar-refractivity contribution in [3.8, 4) is 17.6 Å². The number of nitrogens with zero attached hydrogens (tertiary/aromatic N) is 1. The molecule has 0 heterocycles. The van der Waals surface area contributed by atoms with Crippen molar-refractivity contribution < 1.29 is 14.6 Å². The molecule has 0 radical (unpaired) electrons. The zero-order valence-electron chi connectivity index (χ0n) is 7.95. The molecule has 1 rings (SSSR count). The maximum absolute atomic E-state index is 11.4. The number of ketones is 1. The second kappa shape index (κ2) is 4.67. The first kappa shape index (κ1) is 11.3. The summed E-state index contributed by atoms with van der Waals surface area (Å²) in [7, 11) is 1.32. The van der Waals surface area contributed by atoms with Crippen LogP contribution >= 0.6 is 11.6 Å². The summed E-state index contributed by atoms with van der Waals surface area (Å²) >= 11 is 5.40. The summed E-state index contributed by atoms with van der Waals surface area (Å²) < 4.78 is 4.91. The highest BCUT2D eigenvalue weighted by Gasteiger charge is 2.17. The maximum atomic E-state index is 11.4. The van der Waals surface area contributed by atoms with E-state index in [2.05, 4.69) is 0 Å². The Morgan fingerprint density at radius 1 is 1.67 bits per heavy atom. The predicted molar refractivity (Wildman–Crippen MR) is 54.4 cm³/mol. The first-order valence-electron chi connectivity index (χ1n) is 4.05.